The van der Waals surface area contributed by atoms with Gasteiger partial charge in [-0.05, 0) is 86.0 Å². The number of hydrogen-bond donors (Lipinski definition) is 0. The highest BCUT2D eigenvalue weighted by molar-refractivity contribution is 6.23. The highest BCUT2D eigenvalue weighted by atomic mass is 16.3. The molecule has 0 N–H and O–H groups in total. The molecule has 1 aromatic heterocycles. The maximum absolute atomic E-state index is 7.13. The van der Waals surface area contributed by atoms with Gasteiger partial charge in [0.25, 0.3) is 0 Å². The molecule has 2 heteroatoms. The zero-order valence-corrected chi connectivity index (χ0v) is 30.8. The number of anilines is 3. The molecule has 0 saturated carbocycles. The number of furan rings is 1. The molecule has 12 rings (SSSR count). The van der Waals surface area contributed by atoms with E-state index in [1.807, 2.05) is 0 Å². The Bertz CT molecular complexity index is 3180. The lowest BCUT2D eigenvalue weighted by Gasteiger charge is -2.32. The smallest absolute Gasteiger partial charge is 0.160 e. The van der Waals surface area contributed by atoms with Crippen molar-refractivity contribution in [3.05, 3.63) is 222 Å². The predicted molar refractivity (Wildman–Crippen MR) is 232 cm³/mol. The molecule has 0 radical (unpaired) electrons. The minimum atomic E-state index is -0.463. The van der Waals surface area contributed by atoms with Crippen molar-refractivity contribution in [2.45, 2.75) is 12.3 Å². The minimum Gasteiger partial charge on any atom is -0.454 e. The number of rotatable bonds is 4. The number of fused-ring (bicyclic) bond motifs is 15. The van der Waals surface area contributed by atoms with Gasteiger partial charge >= 0.3 is 0 Å². The van der Waals surface area contributed by atoms with Crippen LogP contribution in [0.1, 0.15) is 27.8 Å². The lowest BCUT2D eigenvalue weighted by Crippen LogP contribution is -2.26. The molecule has 0 amide bonds. The van der Waals surface area contributed by atoms with Crippen molar-refractivity contribution in [2.24, 2.45) is 0 Å². The van der Waals surface area contributed by atoms with Crippen molar-refractivity contribution in [1.29, 1.82) is 0 Å². The standard InChI is InChI=1S/C54H35NO/c1-34-17-15-26-42-50-38-22-6-5-20-36(38)33-49(53(50)56-52(34)42)55(47-31-14-10-21-37(47)35-18-3-2-4-19-35)48-32-16-30-46-51(48)41-25-9-13-29-45(41)54(46)43-27-11-7-23-39(43)40-24-8-12-28-44(40)54/h2-33H,1H3. The third-order valence-corrected chi connectivity index (χ3v) is 12.4. The van der Waals surface area contributed by atoms with Crippen molar-refractivity contribution in [1.82, 2.24) is 0 Å². The summed E-state index contributed by atoms with van der Waals surface area (Å²) < 4.78 is 7.13. The van der Waals surface area contributed by atoms with Crippen LogP contribution in [-0.4, -0.2) is 0 Å². The third kappa shape index (κ3) is 4.05. The normalized spacial score (nSPS) is 13.2. The summed E-state index contributed by atoms with van der Waals surface area (Å²) in [6.45, 7) is 2.15. The van der Waals surface area contributed by atoms with E-state index in [2.05, 4.69) is 206 Å². The summed E-state index contributed by atoms with van der Waals surface area (Å²) in [7, 11) is 0. The van der Waals surface area contributed by atoms with E-state index in [1.165, 1.54) is 55.3 Å². The summed E-state index contributed by atoms with van der Waals surface area (Å²) in [6, 6.07) is 71.3. The number of para-hydroxylation sites is 2. The monoisotopic (exact) mass is 713 g/mol. The fourth-order valence-corrected chi connectivity index (χ4v) is 10.2. The minimum absolute atomic E-state index is 0.463. The SMILES string of the molecule is Cc1cccc2c1oc1c(N(c3ccccc3-c3ccccc3)c3cccc4c3-c3ccccc3C43c4ccccc4-c4ccccc43)cc3ccccc3c12. The number of benzene rings is 9. The molecule has 0 unspecified atom stereocenters. The van der Waals surface area contributed by atoms with Gasteiger partial charge < -0.3 is 9.32 Å². The molecule has 9 aromatic carbocycles. The van der Waals surface area contributed by atoms with Crippen molar-refractivity contribution < 1.29 is 4.42 Å². The van der Waals surface area contributed by atoms with Gasteiger partial charge in [-0.3, -0.25) is 0 Å². The summed E-state index contributed by atoms with van der Waals surface area (Å²) in [5.74, 6) is 0. The number of nitrogens with zero attached hydrogens (tertiary/aromatic N) is 1. The zero-order chi connectivity index (χ0) is 37.0. The van der Waals surface area contributed by atoms with Gasteiger partial charge in [-0.25, -0.2) is 0 Å². The Hall–Kier alpha value is -7.16. The summed E-state index contributed by atoms with van der Waals surface area (Å²) in [6.07, 6.45) is 0. The van der Waals surface area contributed by atoms with Gasteiger partial charge in [-0.1, -0.05) is 176 Å². The summed E-state index contributed by atoms with van der Waals surface area (Å²) >= 11 is 0. The number of hydrogen-bond acceptors (Lipinski definition) is 2. The van der Waals surface area contributed by atoms with E-state index < -0.39 is 5.41 Å². The van der Waals surface area contributed by atoms with Crippen LogP contribution in [0, 0.1) is 6.92 Å². The van der Waals surface area contributed by atoms with E-state index in [0.29, 0.717) is 0 Å². The Morgan fingerprint density at radius 2 is 0.964 bits per heavy atom. The average Bonchev–Trinajstić information content (AvgIpc) is 3.90. The van der Waals surface area contributed by atoms with Crippen LogP contribution in [0.5, 0.6) is 0 Å². The molecule has 0 aliphatic heterocycles. The van der Waals surface area contributed by atoms with Crippen LogP contribution >= 0.6 is 0 Å². The second-order valence-corrected chi connectivity index (χ2v) is 15.2. The van der Waals surface area contributed by atoms with Gasteiger partial charge in [0.1, 0.15) is 5.58 Å². The van der Waals surface area contributed by atoms with Crippen LogP contribution in [0.4, 0.5) is 17.1 Å². The molecule has 1 spiro atoms. The van der Waals surface area contributed by atoms with Gasteiger partial charge in [0, 0.05) is 21.9 Å². The molecule has 2 aliphatic carbocycles. The summed E-state index contributed by atoms with van der Waals surface area (Å²) in [5, 5.41) is 4.64. The Kier molecular flexibility index (Phi) is 6.50. The first-order valence-corrected chi connectivity index (χ1v) is 19.4. The first-order chi connectivity index (χ1) is 27.7. The Labute approximate surface area is 325 Å². The predicted octanol–water partition coefficient (Wildman–Crippen LogP) is 14.5. The highest BCUT2D eigenvalue weighted by Crippen LogP contribution is 2.65. The number of aryl methyl sites for hydroxylation is 1. The molecular weight excluding hydrogens is 679 g/mol. The lowest BCUT2D eigenvalue weighted by atomic mass is 9.70. The molecule has 0 bridgehead atoms. The van der Waals surface area contributed by atoms with Gasteiger partial charge in [0.2, 0.25) is 0 Å². The topological polar surface area (TPSA) is 16.4 Å². The molecular formula is C54H35NO. The maximum Gasteiger partial charge on any atom is 0.160 e. The Morgan fingerprint density at radius 3 is 1.73 bits per heavy atom. The molecule has 0 saturated heterocycles. The molecule has 2 nitrogen and oxygen atoms in total. The molecule has 56 heavy (non-hydrogen) atoms. The van der Waals surface area contributed by atoms with Gasteiger partial charge in [-0.2, -0.15) is 0 Å². The first kappa shape index (κ1) is 31.2. The van der Waals surface area contributed by atoms with Crippen molar-refractivity contribution in [3.63, 3.8) is 0 Å². The third-order valence-electron chi connectivity index (χ3n) is 12.4. The fraction of sp³-hybridized carbons (Fsp3) is 0.0370. The molecule has 10 aromatic rings. The molecule has 0 fully saturated rings. The van der Waals surface area contributed by atoms with E-state index in [4.69, 9.17) is 4.42 Å². The van der Waals surface area contributed by atoms with Gasteiger partial charge in [0.15, 0.2) is 5.58 Å². The Balaban J connectivity index is 1.25. The summed E-state index contributed by atoms with van der Waals surface area (Å²) in [5.41, 5.74) is 18.4. The van der Waals surface area contributed by atoms with Crippen LogP contribution in [0.25, 0.3) is 66.1 Å². The van der Waals surface area contributed by atoms with Crippen LogP contribution in [0.2, 0.25) is 0 Å². The van der Waals surface area contributed by atoms with Crippen LogP contribution in [0.15, 0.2) is 199 Å². The van der Waals surface area contributed by atoms with E-state index >= 15 is 0 Å². The summed E-state index contributed by atoms with van der Waals surface area (Å²) in [4.78, 5) is 2.50. The highest BCUT2D eigenvalue weighted by Gasteiger charge is 2.52. The quantitative estimate of drug-likeness (QED) is 0.181. The van der Waals surface area contributed by atoms with Crippen LogP contribution in [-0.2, 0) is 5.41 Å². The van der Waals surface area contributed by atoms with E-state index in [0.717, 1.165) is 55.7 Å². The molecule has 2 aliphatic rings. The molecule has 1 heterocycles. The second kappa shape index (κ2) is 11.7. The van der Waals surface area contributed by atoms with Crippen LogP contribution < -0.4 is 4.90 Å². The van der Waals surface area contributed by atoms with Crippen molar-refractivity contribution >= 4 is 49.8 Å². The molecule has 262 valence electrons. The largest absolute Gasteiger partial charge is 0.454 e. The fourth-order valence-electron chi connectivity index (χ4n) is 10.2. The van der Waals surface area contributed by atoms with Crippen LogP contribution in [0.3, 0.4) is 0 Å². The van der Waals surface area contributed by atoms with E-state index in [9.17, 15) is 0 Å². The first-order valence-electron chi connectivity index (χ1n) is 19.4. The van der Waals surface area contributed by atoms with Gasteiger partial charge in [0.05, 0.1) is 22.5 Å². The maximum atomic E-state index is 7.13. The lowest BCUT2D eigenvalue weighted by molar-refractivity contribution is 0.666. The van der Waals surface area contributed by atoms with Crippen molar-refractivity contribution in [2.75, 3.05) is 4.90 Å². The van der Waals surface area contributed by atoms with E-state index in [1.54, 1.807) is 0 Å². The zero-order valence-electron chi connectivity index (χ0n) is 30.8. The van der Waals surface area contributed by atoms with Gasteiger partial charge in [-0.15, -0.1) is 0 Å². The average molecular weight is 714 g/mol. The Morgan fingerprint density at radius 1 is 0.411 bits per heavy atom. The van der Waals surface area contributed by atoms with E-state index in [-0.39, 0.29) is 0 Å². The molecule has 0 atom stereocenters. The van der Waals surface area contributed by atoms with Crippen molar-refractivity contribution in [3.8, 4) is 33.4 Å². The second-order valence-electron chi connectivity index (χ2n) is 15.2.